The second-order valence-electron chi connectivity index (χ2n) is 6.42. The zero-order valence-corrected chi connectivity index (χ0v) is 13.0. The van der Waals surface area contributed by atoms with E-state index < -0.39 is 0 Å². The molecule has 112 valence electrons. The molecule has 1 fully saturated rings. The van der Waals surface area contributed by atoms with Crippen LogP contribution in [0.5, 0.6) is 0 Å². The van der Waals surface area contributed by atoms with Crippen molar-refractivity contribution < 1.29 is 5.11 Å². The normalized spacial score (nSPS) is 15.2. The molecule has 1 aromatic heterocycles. The van der Waals surface area contributed by atoms with Crippen LogP contribution in [0, 0.1) is 12.3 Å². The van der Waals surface area contributed by atoms with E-state index in [0.29, 0.717) is 5.92 Å². The van der Waals surface area contributed by atoms with Crippen molar-refractivity contribution in [1.82, 2.24) is 9.97 Å². The first kappa shape index (κ1) is 15.0. The third-order valence-corrected chi connectivity index (χ3v) is 3.87. The Balaban J connectivity index is 2.15. The molecule has 5 nitrogen and oxygen atoms in total. The van der Waals surface area contributed by atoms with Crippen LogP contribution in [0.4, 0.5) is 11.6 Å². The Hall–Kier alpha value is -1.36. The summed E-state index contributed by atoms with van der Waals surface area (Å²) < 4.78 is 0. The number of rotatable bonds is 7. The Morgan fingerprint density at radius 2 is 1.90 bits per heavy atom. The second kappa shape index (κ2) is 5.95. The molecule has 5 heteroatoms. The topological polar surface area (TPSA) is 70.1 Å². The van der Waals surface area contributed by atoms with Crippen molar-refractivity contribution in [3.05, 3.63) is 11.4 Å². The summed E-state index contributed by atoms with van der Waals surface area (Å²) in [6, 6.07) is 0. The third kappa shape index (κ3) is 3.60. The van der Waals surface area contributed by atoms with E-state index in [0.717, 1.165) is 36.0 Å². The van der Waals surface area contributed by atoms with Crippen molar-refractivity contribution >= 4 is 11.6 Å². The Bertz CT molecular complexity index is 469. The van der Waals surface area contributed by atoms with Crippen molar-refractivity contribution in [2.24, 2.45) is 5.41 Å². The highest BCUT2D eigenvalue weighted by molar-refractivity contribution is 5.57. The number of hydrogen-bond donors (Lipinski definition) is 3. The van der Waals surface area contributed by atoms with Crippen LogP contribution in [0.1, 0.15) is 50.4 Å². The van der Waals surface area contributed by atoms with Gasteiger partial charge < -0.3 is 15.7 Å². The molecule has 1 aromatic rings. The summed E-state index contributed by atoms with van der Waals surface area (Å²) in [4.78, 5) is 9.27. The van der Waals surface area contributed by atoms with Crippen molar-refractivity contribution in [3.63, 3.8) is 0 Å². The van der Waals surface area contributed by atoms with E-state index in [2.05, 4.69) is 34.4 Å². The second-order valence-corrected chi connectivity index (χ2v) is 6.42. The molecule has 2 rings (SSSR count). The Morgan fingerprint density at radius 1 is 1.25 bits per heavy atom. The van der Waals surface area contributed by atoms with Gasteiger partial charge in [-0.2, -0.15) is 0 Å². The highest BCUT2D eigenvalue weighted by atomic mass is 16.3. The fourth-order valence-electron chi connectivity index (χ4n) is 2.19. The van der Waals surface area contributed by atoms with Gasteiger partial charge in [0.1, 0.15) is 17.5 Å². The molecule has 0 bridgehead atoms. The number of aliphatic hydroxyl groups is 1. The van der Waals surface area contributed by atoms with Gasteiger partial charge in [-0.15, -0.1) is 0 Å². The molecule has 0 atom stereocenters. The molecule has 0 saturated heterocycles. The van der Waals surface area contributed by atoms with Gasteiger partial charge in [0.15, 0.2) is 0 Å². The lowest BCUT2D eigenvalue weighted by Crippen LogP contribution is -2.25. The van der Waals surface area contributed by atoms with Gasteiger partial charge in [-0.25, -0.2) is 9.97 Å². The van der Waals surface area contributed by atoms with Crippen LogP contribution < -0.4 is 10.6 Å². The highest BCUT2D eigenvalue weighted by Gasteiger charge is 2.28. The van der Waals surface area contributed by atoms with Gasteiger partial charge in [0.2, 0.25) is 0 Å². The van der Waals surface area contributed by atoms with Gasteiger partial charge in [0.05, 0.1) is 0 Å². The summed E-state index contributed by atoms with van der Waals surface area (Å²) >= 11 is 0. The van der Waals surface area contributed by atoms with Crippen molar-refractivity contribution in [2.75, 3.05) is 30.8 Å². The average Bonchev–Trinajstić information content (AvgIpc) is 3.22. The lowest BCUT2D eigenvalue weighted by molar-refractivity contribution is 0.220. The summed E-state index contributed by atoms with van der Waals surface area (Å²) in [7, 11) is 1.89. The monoisotopic (exact) mass is 278 g/mol. The van der Waals surface area contributed by atoms with Crippen LogP contribution in [0.25, 0.3) is 0 Å². The van der Waals surface area contributed by atoms with Crippen molar-refractivity contribution in [2.45, 2.75) is 46.0 Å². The Kier molecular flexibility index (Phi) is 4.48. The van der Waals surface area contributed by atoms with Gasteiger partial charge in [-0.3, -0.25) is 0 Å². The minimum Gasteiger partial charge on any atom is -0.396 e. The van der Waals surface area contributed by atoms with Gasteiger partial charge >= 0.3 is 0 Å². The molecule has 0 radical (unpaired) electrons. The van der Waals surface area contributed by atoms with Gasteiger partial charge in [-0.1, -0.05) is 13.8 Å². The Labute approximate surface area is 121 Å². The largest absolute Gasteiger partial charge is 0.396 e. The number of nitrogens with zero attached hydrogens (tertiary/aromatic N) is 2. The van der Waals surface area contributed by atoms with E-state index in [1.165, 1.54) is 12.8 Å². The summed E-state index contributed by atoms with van der Waals surface area (Å²) in [6.07, 6.45) is 3.17. The standard InChI is InChI=1S/C15H26N4O/c1-10-12(16-4)18-14(11-5-6-11)19-13(10)17-9-15(2,3)7-8-20/h11,20H,5-9H2,1-4H3,(H2,16,17,18,19). The maximum Gasteiger partial charge on any atom is 0.136 e. The van der Waals surface area contributed by atoms with Crippen LogP contribution in [-0.2, 0) is 0 Å². The highest BCUT2D eigenvalue weighted by Crippen LogP contribution is 2.39. The number of nitrogens with one attached hydrogen (secondary N) is 2. The third-order valence-electron chi connectivity index (χ3n) is 3.87. The molecular weight excluding hydrogens is 252 g/mol. The maximum atomic E-state index is 9.10. The van der Waals surface area contributed by atoms with E-state index in [1.807, 2.05) is 14.0 Å². The molecule has 1 aliphatic rings. The quantitative estimate of drug-likeness (QED) is 0.715. The van der Waals surface area contributed by atoms with Crippen LogP contribution in [0.3, 0.4) is 0 Å². The van der Waals surface area contributed by atoms with Crippen LogP contribution in [-0.4, -0.2) is 35.3 Å². The summed E-state index contributed by atoms with van der Waals surface area (Å²) in [5.74, 6) is 3.30. The molecule has 1 heterocycles. The zero-order valence-electron chi connectivity index (χ0n) is 13.0. The van der Waals surface area contributed by atoms with E-state index in [9.17, 15) is 0 Å². The molecule has 1 saturated carbocycles. The smallest absolute Gasteiger partial charge is 0.136 e. The van der Waals surface area contributed by atoms with Crippen LogP contribution in [0.15, 0.2) is 0 Å². The zero-order chi connectivity index (χ0) is 14.8. The van der Waals surface area contributed by atoms with Gasteiger partial charge in [0.25, 0.3) is 0 Å². The summed E-state index contributed by atoms with van der Waals surface area (Å²) in [5.41, 5.74) is 1.10. The minimum absolute atomic E-state index is 0.0473. The SMILES string of the molecule is CNc1nc(C2CC2)nc(NCC(C)(C)CCO)c1C. The lowest BCUT2D eigenvalue weighted by Gasteiger charge is -2.25. The molecule has 0 aromatic carbocycles. The lowest BCUT2D eigenvalue weighted by atomic mass is 9.90. The van der Waals surface area contributed by atoms with Gasteiger partial charge in [0, 0.05) is 31.7 Å². The Morgan fingerprint density at radius 3 is 2.45 bits per heavy atom. The molecule has 0 amide bonds. The van der Waals surface area contributed by atoms with Crippen molar-refractivity contribution in [3.8, 4) is 0 Å². The van der Waals surface area contributed by atoms with E-state index in [1.54, 1.807) is 0 Å². The average molecular weight is 278 g/mol. The van der Waals surface area contributed by atoms with Crippen LogP contribution in [0.2, 0.25) is 0 Å². The number of aromatic nitrogens is 2. The molecule has 20 heavy (non-hydrogen) atoms. The number of anilines is 2. The maximum absolute atomic E-state index is 9.10. The molecular formula is C15H26N4O. The van der Waals surface area contributed by atoms with E-state index >= 15 is 0 Å². The van der Waals surface area contributed by atoms with E-state index in [-0.39, 0.29) is 12.0 Å². The molecule has 0 aliphatic heterocycles. The summed E-state index contributed by atoms with van der Waals surface area (Å²) in [6.45, 7) is 7.33. The fraction of sp³-hybridized carbons (Fsp3) is 0.733. The number of hydrogen-bond acceptors (Lipinski definition) is 5. The number of aliphatic hydroxyl groups excluding tert-OH is 1. The first-order chi connectivity index (χ1) is 9.46. The molecule has 0 spiro atoms. The van der Waals surface area contributed by atoms with Crippen LogP contribution >= 0.6 is 0 Å². The van der Waals surface area contributed by atoms with Gasteiger partial charge in [-0.05, 0) is 31.6 Å². The minimum atomic E-state index is 0.0473. The predicted octanol–water partition coefficient (Wildman–Crippen LogP) is 2.52. The first-order valence-corrected chi connectivity index (χ1v) is 7.38. The van der Waals surface area contributed by atoms with E-state index in [4.69, 9.17) is 5.11 Å². The summed E-state index contributed by atoms with van der Waals surface area (Å²) in [5, 5.41) is 15.7. The predicted molar refractivity (Wildman–Crippen MR) is 82.3 cm³/mol. The van der Waals surface area contributed by atoms with Crippen molar-refractivity contribution in [1.29, 1.82) is 0 Å². The fourth-order valence-corrected chi connectivity index (χ4v) is 2.19. The molecule has 3 N–H and O–H groups in total. The molecule has 0 unspecified atom stereocenters. The molecule has 1 aliphatic carbocycles. The first-order valence-electron chi connectivity index (χ1n) is 7.38.